The molecule has 2 aliphatic carbocycles. The lowest BCUT2D eigenvalue weighted by molar-refractivity contribution is -0.124. The van der Waals surface area contributed by atoms with E-state index in [4.69, 9.17) is 0 Å². The van der Waals surface area contributed by atoms with Gasteiger partial charge in [0.15, 0.2) is 17.0 Å². The van der Waals surface area contributed by atoms with E-state index in [1.807, 2.05) is 0 Å². The molecule has 0 radical (unpaired) electrons. The molecule has 0 amide bonds. The lowest BCUT2D eigenvalue weighted by atomic mass is 10.0. The molecule has 0 saturated heterocycles. The van der Waals surface area contributed by atoms with Crippen molar-refractivity contribution in [2.24, 2.45) is 11.8 Å². The van der Waals surface area contributed by atoms with Crippen LogP contribution >= 0.6 is 0 Å². The molecule has 2 saturated carbocycles. The maximum atomic E-state index is 11.7. The number of nitrogens with one attached hydrogen (secondary N) is 1. The minimum absolute atomic E-state index is 0.134. The van der Waals surface area contributed by atoms with E-state index in [-0.39, 0.29) is 5.78 Å². The summed E-state index contributed by atoms with van der Waals surface area (Å²) in [6, 6.07) is -0.479. The summed E-state index contributed by atoms with van der Waals surface area (Å²) in [5.41, 5.74) is 1.10. The average molecular weight is 355 g/mol. The first-order valence-corrected chi connectivity index (χ1v) is 8.80. The monoisotopic (exact) mass is 355 g/mol. The van der Waals surface area contributed by atoms with Crippen LogP contribution in [0.2, 0.25) is 0 Å². The fraction of sp³-hybridized carbons (Fsp3) is 0.556. The maximum Gasteiger partial charge on any atom is 0.208 e. The van der Waals surface area contributed by atoms with E-state index >= 15 is 0 Å². The molecule has 8 nitrogen and oxygen atoms in total. The summed E-state index contributed by atoms with van der Waals surface area (Å²) in [6.45, 7) is 1.43. The standard InChI is InChI=1S/C18H21N5O3/c1-9(24)11-7-12(16(26)15(11)25)23-8-20-14-17(19-2)21-13(22-18(14)23)6-5-10-3-4-10/h8,10-12,15-16,25-26H,3-4,7H2,1-2H3,(H,19,21,22)/t11-,12-,15?,16+/m1/s1. The van der Waals surface area contributed by atoms with Crippen molar-refractivity contribution in [1.29, 1.82) is 0 Å². The second-order valence-electron chi connectivity index (χ2n) is 7.01. The number of hydrogen-bond donors (Lipinski definition) is 3. The molecule has 2 aromatic heterocycles. The number of ketones is 1. The molecule has 2 heterocycles. The Labute approximate surface area is 150 Å². The van der Waals surface area contributed by atoms with Gasteiger partial charge < -0.3 is 20.1 Å². The number of fused-ring (bicyclic) bond motifs is 1. The zero-order valence-electron chi connectivity index (χ0n) is 14.7. The number of imidazole rings is 1. The van der Waals surface area contributed by atoms with Gasteiger partial charge in [0.05, 0.1) is 18.5 Å². The van der Waals surface area contributed by atoms with Gasteiger partial charge in [-0.15, -0.1) is 0 Å². The molecule has 0 aliphatic heterocycles. The van der Waals surface area contributed by atoms with Crippen LogP contribution in [0, 0.1) is 23.7 Å². The third-order valence-corrected chi connectivity index (χ3v) is 5.15. The normalized spacial score (nSPS) is 28.0. The first-order valence-electron chi connectivity index (χ1n) is 8.80. The van der Waals surface area contributed by atoms with Crippen molar-refractivity contribution in [3.8, 4) is 11.8 Å². The summed E-state index contributed by atoms with van der Waals surface area (Å²) >= 11 is 0. The van der Waals surface area contributed by atoms with Gasteiger partial charge in [-0.2, -0.15) is 0 Å². The largest absolute Gasteiger partial charge is 0.390 e. The van der Waals surface area contributed by atoms with Crippen LogP contribution in [0.3, 0.4) is 0 Å². The fourth-order valence-corrected chi connectivity index (χ4v) is 3.47. The number of aromatic nitrogens is 4. The van der Waals surface area contributed by atoms with E-state index in [1.54, 1.807) is 17.9 Å². The second-order valence-corrected chi connectivity index (χ2v) is 7.01. The summed E-state index contributed by atoms with van der Waals surface area (Å²) < 4.78 is 1.72. The summed E-state index contributed by atoms with van der Waals surface area (Å²) in [6.07, 6.45) is 1.99. The van der Waals surface area contributed by atoms with Crippen LogP contribution in [0.4, 0.5) is 5.82 Å². The summed E-state index contributed by atoms with van der Waals surface area (Å²) in [5, 5.41) is 23.7. The third-order valence-electron chi connectivity index (χ3n) is 5.15. The molecule has 0 aromatic carbocycles. The molecule has 8 heteroatoms. The first-order chi connectivity index (χ1) is 12.5. The highest BCUT2D eigenvalue weighted by molar-refractivity contribution is 5.83. The van der Waals surface area contributed by atoms with Gasteiger partial charge >= 0.3 is 0 Å². The molecule has 4 atom stereocenters. The highest BCUT2D eigenvalue weighted by Crippen LogP contribution is 2.37. The van der Waals surface area contributed by atoms with Crippen molar-refractivity contribution in [3.05, 3.63) is 12.2 Å². The minimum Gasteiger partial charge on any atom is -0.390 e. The van der Waals surface area contributed by atoms with Crippen molar-refractivity contribution < 1.29 is 15.0 Å². The van der Waals surface area contributed by atoms with Crippen LogP contribution in [0.25, 0.3) is 11.2 Å². The zero-order chi connectivity index (χ0) is 18.4. The topological polar surface area (TPSA) is 113 Å². The number of carbonyl (C=O) groups is 1. The molecule has 2 aliphatic rings. The van der Waals surface area contributed by atoms with Crippen molar-refractivity contribution in [3.63, 3.8) is 0 Å². The zero-order valence-corrected chi connectivity index (χ0v) is 14.7. The molecule has 0 bridgehead atoms. The van der Waals surface area contributed by atoms with Crippen LogP contribution in [-0.4, -0.2) is 54.8 Å². The molecular formula is C18H21N5O3. The van der Waals surface area contributed by atoms with Crippen LogP contribution in [0.15, 0.2) is 6.33 Å². The Morgan fingerprint density at radius 3 is 2.69 bits per heavy atom. The molecule has 0 spiro atoms. The van der Waals surface area contributed by atoms with E-state index in [9.17, 15) is 15.0 Å². The number of anilines is 1. The lowest BCUT2D eigenvalue weighted by Gasteiger charge is -2.18. The summed E-state index contributed by atoms with van der Waals surface area (Å²) in [5.74, 6) is 6.81. The van der Waals surface area contributed by atoms with E-state index in [2.05, 4.69) is 32.1 Å². The predicted octanol–water partition coefficient (Wildman–Crippen LogP) is 0.501. The Balaban J connectivity index is 1.77. The number of aliphatic hydroxyl groups is 2. The number of carbonyl (C=O) groups excluding carboxylic acids is 1. The molecule has 26 heavy (non-hydrogen) atoms. The molecule has 3 N–H and O–H groups in total. The van der Waals surface area contributed by atoms with Crippen molar-refractivity contribution in [2.75, 3.05) is 12.4 Å². The van der Waals surface area contributed by atoms with Crippen LogP contribution in [0.1, 0.15) is 38.1 Å². The molecule has 1 unspecified atom stereocenters. The molecule has 136 valence electrons. The lowest BCUT2D eigenvalue weighted by Crippen LogP contribution is -2.31. The molecule has 4 rings (SSSR count). The van der Waals surface area contributed by atoms with E-state index in [1.165, 1.54) is 6.92 Å². The van der Waals surface area contributed by atoms with Gasteiger partial charge in [0, 0.05) is 18.9 Å². The number of aliphatic hydroxyl groups excluding tert-OH is 2. The first kappa shape index (κ1) is 16.9. The van der Waals surface area contributed by atoms with E-state index in [0.29, 0.717) is 35.1 Å². The van der Waals surface area contributed by atoms with Crippen LogP contribution in [-0.2, 0) is 4.79 Å². The average Bonchev–Trinajstić information content (AvgIpc) is 3.29. The van der Waals surface area contributed by atoms with Gasteiger partial charge in [0.1, 0.15) is 11.9 Å². The summed E-state index contributed by atoms with van der Waals surface area (Å²) in [7, 11) is 1.75. The third kappa shape index (κ3) is 2.83. The Kier molecular flexibility index (Phi) is 4.13. The highest BCUT2D eigenvalue weighted by atomic mass is 16.3. The predicted molar refractivity (Wildman–Crippen MR) is 94.3 cm³/mol. The number of hydrogen-bond acceptors (Lipinski definition) is 7. The Morgan fingerprint density at radius 2 is 2.08 bits per heavy atom. The Morgan fingerprint density at radius 1 is 1.31 bits per heavy atom. The van der Waals surface area contributed by atoms with Gasteiger partial charge in [-0.1, -0.05) is 5.92 Å². The van der Waals surface area contributed by atoms with Crippen molar-refractivity contribution in [2.45, 2.75) is 44.4 Å². The Bertz CT molecular complexity index is 924. The van der Waals surface area contributed by atoms with Gasteiger partial charge in [0.25, 0.3) is 0 Å². The summed E-state index contributed by atoms with van der Waals surface area (Å²) in [4.78, 5) is 25.0. The van der Waals surface area contributed by atoms with Gasteiger partial charge in [-0.25, -0.2) is 15.0 Å². The van der Waals surface area contributed by atoms with Crippen molar-refractivity contribution >= 4 is 22.8 Å². The van der Waals surface area contributed by atoms with Crippen LogP contribution in [0.5, 0.6) is 0 Å². The number of Topliss-reactive ketones (excluding diaryl/α,β-unsaturated/α-hetero) is 1. The van der Waals surface area contributed by atoms with E-state index < -0.39 is 24.2 Å². The second kappa shape index (κ2) is 6.34. The molecule has 2 aromatic rings. The van der Waals surface area contributed by atoms with Gasteiger partial charge in [-0.3, -0.25) is 4.79 Å². The van der Waals surface area contributed by atoms with Crippen LogP contribution < -0.4 is 5.32 Å². The molecular weight excluding hydrogens is 334 g/mol. The fourth-order valence-electron chi connectivity index (χ4n) is 3.47. The molecule has 2 fully saturated rings. The maximum absolute atomic E-state index is 11.7. The van der Waals surface area contributed by atoms with Gasteiger partial charge in [0.2, 0.25) is 5.82 Å². The number of rotatable bonds is 3. The number of nitrogens with zero attached hydrogens (tertiary/aromatic N) is 4. The Hall–Kier alpha value is -2.50. The van der Waals surface area contributed by atoms with Gasteiger partial charge in [-0.05, 0) is 32.1 Å². The SMILES string of the molecule is CNc1nc(C#CC2CC2)nc2c1ncn2[C@@H]1C[C@H](C(C)=O)C(O)[C@H]1O. The van der Waals surface area contributed by atoms with Crippen molar-refractivity contribution in [1.82, 2.24) is 19.5 Å². The highest BCUT2D eigenvalue weighted by Gasteiger charge is 2.45. The van der Waals surface area contributed by atoms with E-state index in [0.717, 1.165) is 12.8 Å². The smallest absolute Gasteiger partial charge is 0.208 e. The quantitative estimate of drug-likeness (QED) is 0.687. The minimum atomic E-state index is -1.09.